The Morgan fingerprint density at radius 1 is 1.00 bits per heavy atom. The number of ketones is 1. The van der Waals surface area contributed by atoms with Crippen molar-refractivity contribution in [3.8, 4) is 5.69 Å². The van der Waals surface area contributed by atoms with Crippen molar-refractivity contribution in [2.24, 2.45) is 11.3 Å². The molecule has 0 spiro atoms. The topological polar surface area (TPSA) is 68.6 Å². The van der Waals surface area contributed by atoms with E-state index in [0.29, 0.717) is 31.5 Å². The number of piperidine rings is 1. The molecule has 0 N–H and O–H groups in total. The van der Waals surface area contributed by atoms with Crippen molar-refractivity contribution in [2.45, 2.75) is 54.4 Å². The molecule has 32 heavy (non-hydrogen) atoms. The Morgan fingerprint density at radius 2 is 1.59 bits per heavy atom. The molecule has 1 aliphatic heterocycles. The fourth-order valence-electron chi connectivity index (χ4n) is 4.26. The van der Waals surface area contributed by atoms with Crippen LogP contribution in [0.4, 0.5) is 0 Å². The number of rotatable bonds is 5. The van der Waals surface area contributed by atoms with Crippen molar-refractivity contribution in [3.05, 3.63) is 52.8 Å². The lowest BCUT2D eigenvalue weighted by Crippen LogP contribution is -2.45. The van der Waals surface area contributed by atoms with Crippen LogP contribution in [-0.2, 0) is 14.3 Å². The van der Waals surface area contributed by atoms with E-state index >= 15 is 0 Å². The van der Waals surface area contributed by atoms with Gasteiger partial charge in [0.25, 0.3) is 0 Å². The SMILES string of the molecule is Cc1ccc(-n2c(C)cc(C(=O)COC(=O)C3CCN(C(=O)C(C)(C)C)CC3)c2C)cc1. The van der Waals surface area contributed by atoms with Gasteiger partial charge in [0, 0.05) is 41.1 Å². The first-order valence-electron chi connectivity index (χ1n) is 11.2. The average molecular weight is 439 g/mol. The number of Topliss-reactive ketones (excluding diaryl/α,β-unsaturated/α-hetero) is 1. The number of likely N-dealkylation sites (tertiary alicyclic amines) is 1. The van der Waals surface area contributed by atoms with Gasteiger partial charge in [-0.05, 0) is 51.8 Å². The second kappa shape index (κ2) is 9.31. The lowest BCUT2D eigenvalue weighted by atomic mass is 9.91. The van der Waals surface area contributed by atoms with E-state index < -0.39 is 5.41 Å². The molecule has 2 heterocycles. The summed E-state index contributed by atoms with van der Waals surface area (Å²) in [6, 6.07) is 9.98. The number of carbonyl (C=O) groups excluding carboxylic acids is 3. The standard InChI is InChI=1S/C26H34N2O4/c1-17-7-9-21(10-8-17)28-18(2)15-22(19(28)3)23(29)16-32-24(30)20-11-13-27(14-12-20)25(31)26(4,5)6/h7-10,15,20H,11-14,16H2,1-6H3. The van der Waals surface area contributed by atoms with Crippen LogP contribution in [0.25, 0.3) is 5.69 Å². The van der Waals surface area contributed by atoms with Gasteiger partial charge < -0.3 is 14.2 Å². The Hall–Kier alpha value is -2.89. The van der Waals surface area contributed by atoms with Gasteiger partial charge in [-0.1, -0.05) is 38.5 Å². The van der Waals surface area contributed by atoms with Gasteiger partial charge >= 0.3 is 5.97 Å². The van der Waals surface area contributed by atoms with Crippen LogP contribution in [0.2, 0.25) is 0 Å². The summed E-state index contributed by atoms with van der Waals surface area (Å²) >= 11 is 0. The summed E-state index contributed by atoms with van der Waals surface area (Å²) in [5.41, 5.74) is 4.11. The third-order valence-corrected chi connectivity index (χ3v) is 6.13. The van der Waals surface area contributed by atoms with Gasteiger partial charge in [-0.3, -0.25) is 14.4 Å². The van der Waals surface area contributed by atoms with Crippen LogP contribution in [0.3, 0.4) is 0 Å². The van der Waals surface area contributed by atoms with Crippen LogP contribution in [0.1, 0.15) is 60.9 Å². The van der Waals surface area contributed by atoms with Gasteiger partial charge in [0.2, 0.25) is 11.7 Å². The van der Waals surface area contributed by atoms with Crippen molar-refractivity contribution in [3.63, 3.8) is 0 Å². The van der Waals surface area contributed by atoms with Crippen LogP contribution in [0, 0.1) is 32.1 Å². The number of aromatic nitrogens is 1. The Labute approximate surface area is 190 Å². The number of aryl methyl sites for hydroxylation is 2. The number of carbonyl (C=O) groups is 3. The summed E-state index contributed by atoms with van der Waals surface area (Å²) in [7, 11) is 0. The molecule has 172 valence electrons. The number of hydrogen-bond acceptors (Lipinski definition) is 4. The van der Waals surface area contributed by atoms with E-state index in [0.717, 1.165) is 17.1 Å². The number of esters is 1. The molecular formula is C26H34N2O4. The van der Waals surface area contributed by atoms with E-state index in [1.165, 1.54) is 5.56 Å². The maximum absolute atomic E-state index is 12.8. The summed E-state index contributed by atoms with van der Waals surface area (Å²) in [6.07, 6.45) is 1.13. The molecule has 2 aromatic rings. The Kier molecular flexibility index (Phi) is 6.91. The zero-order valence-corrected chi connectivity index (χ0v) is 20.0. The molecule has 3 rings (SSSR count). The van der Waals surface area contributed by atoms with E-state index in [9.17, 15) is 14.4 Å². The minimum Gasteiger partial charge on any atom is -0.457 e. The number of nitrogens with zero attached hydrogens (tertiary/aromatic N) is 2. The molecule has 0 atom stereocenters. The fraction of sp³-hybridized carbons (Fsp3) is 0.500. The first kappa shape index (κ1) is 23.8. The van der Waals surface area contributed by atoms with Gasteiger partial charge in [0.05, 0.1) is 5.92 Å². The smallest absolute Gasteiger partial charge is 0.309 e. The monoisotopic (exact) mass is 438 g/mol. The molecule has 6 nitrogen and oxygen atoms in total. The minimum atomic E-state index is -0.426. The molecule has 0 unspecified atom stereocenters. The number of amides is 1. The van der Waals surface area contributed by atoms with Crippen molar-refractivity contribution in [1.82, 2.24) is 9.47 Å². The highest BCUT2D eigenvalue weighted by Crippen LogP contribution is 2.25. The molecule has 0 saturated carbocycles. The fourth-order valence-corrected chi connectivity index (χ4v) is 4.26. The van der Waals surface area contributed by atoms with Gasteiger partial charge in [-0.25, -0.2) is 0 Å². The molecule has 1 aliphatic rings. The number of hydrogen-bond donors (Lipinski definition) is 0. The first-order valence-corrected chi connectivity index (χ1v) is 11.2. The van der Waals surface area contributed by atoms with Gasteiger partial charge in [0.1, 0.15) is 0 Å². The van der Waals surface area contributed by atoms with E-state index in [4.69, 9.17) is 4.74 Å². The van der Waals surface area contributed by atoms with Crippen LogP contribution < -0.4 is 0 Å². The quantitative estimate of drug-likeness (QED) is 0.512. The molecule has 1 fully saturated rings. The summed E-state index contributed by atoms with van der Waals surface area (Å²) in [4.78, 5) is 39.6. The zero-order chi connectivity index (χ0) is 23.6. The summed E-state index contributed by atoms with van der Waals surface area (Å²) in [6.45, 7) is 12.4. The van der Waals surface area contributed by atoms with Crippen molar-refractivity contribution in [2.75, 3.05) is 19.7 Å². The van der Waals surface area contributed by atoms with Gasteiger partial charge in [-0.2, -0.15) is 0 Å². The summed E-state index contributed by atoms with van der Waals surface area (Å²) in [5.74, 6) is -0.728. The maximum atomic E-state index is 12.8. The number of benzene rings is 1. The summed E-state index contributed by atoms with van der Waals surface area (Å²) < 4.78 is 7.42. The molecule has 1 amide bonds. The molecule has 1 aromatic carbocycles. The van der Waals surface area contributed by atoms with Crippen molar-refractivity contribution < 1.29 is 19.1 Å². The zero-order valence-electron chi connectivity index (χ0n) is 20.0. The minimum absolute atomic E-state index is 0.100. The molecule has 1 saturated heterocycles. The largest absolute Gasteiger partial charge is 0.457 e. The predicted octanol–water partition coefficient (Wildman–Crippen LogP) is 4.41. The third kappa shape index (κ3) is 5.12. The highest BCUT2D eigenvalue weighted by Gasteiger charge is 2.33. The van der Waals surface area contributed by atoms with E-state index in [1.54, 1.807) is 0 Å². The molecule has 1 aromatic heterocycles. The Balaban J connectivity index is 1.58. The average Bonchev–Trinajstić information content (AvgIpc) is 3.05. The predicted molar refractivity (Wildman–Crippen MR) is 124 cm³/mol. The normalized spacial score (nSPS) is 15.0. The second-order valence-electron chi connectivity index (χ2n) is 9.80. The third-order valence-electron chi connectivity index (χ3n) is 6.13. The van der Waals surface area contributed by atoms with Gasteiger partial charge in [0.15, 0.2) is 6.61 Å². The Bertz CT molecular complexity index is 1000. The molecule has 0 aliphatic carbocycles. The van der Waals surface area contributed by atoms with Crippen LogP contribution >= 0.6 is 0 Å². The van der Waals surface area contributed by atoms with E-state index in [-0.39, 0.29) is 30.2 Å². The van der Waals surface area contributed by atoms with Crippen molar-refractivity contribution in [1.29, 1.82) is 0 Å². The lowest BCUT2D eigenvalue weighted by molar-refractivity contribution is -0.152. The molecule has 6 heteroatoms. The number of ether oxygens (including phenoxy) is 1. The molecular weight excluding hydrogens is 404 g/mol. The Morgan fingerprint density at radius 3 is 2.16 bits per heavy atom. The van der Waals surface area contributed by atoms with Gasteiger partial charge in [-0.15, -0.1) is 0 Å². The highest BCUT2D eigenvalue weighted by atomic mass is 16.5. The molecule has 0 radical (unpaired) electrons. The first-order chi connectivity index (χ1) is 15.0. The van der Waals surface area contributed by atoms with Crippen LogP contribution in [0.5, 0.6) is 0 Å². The maximum Gasteiger partial charge on any atom is 0.309 e. The summed E-state index contributed by atoms with van der Waals surface area (Å²) in [5, 5.41) is 0. The second-order valence-corrected chi connectivity index (χ2v) is 9.80. The van der Waals surface area contributed by atoms with Crippen LogP contribution in [0.15, 0.2) is 30.3 Å². The van der Waals surface area contributed by atoms with Crippen LogP contribution in [-0.4, -0.2) is 46.8 Å². The van der Waals surface area contributed by atoms with E-state index in [1.807, 2.05) is 81.3 Å². The van der Waals surface area contributed by atoms with Crippen molar-refractivity contribution >= 4 is 17.7 Å². The van der Waals surface area contributed by atoms with E-state index in [2.05, 4.69) is 0 Å². The highest BCUT2D eigenvalue weighted by molar-refractivity contribution is 5.99. The molecule has 0 bridgehead atoms. The lowest BCUT2D eigenvalue weighted by Gasteiger charge is -2.34.